The molecule has 1 unspecified atom stereocenters. The average Bonchev–Trinajstić information content (AvgIpc) is 3.22. The van der Waals surface area contributed by atoms with Gasteiger partial charge in [0.1, 0.15) is 12.4 Å². The summed E-state index contributed by atoms with van der Waals surface area (Å²) in [4.78, 5) is 16.5. The first-order valence-electron chi connectivity index (χ1n) is 13.1. The van der Waals surface area contributed by atoms with Crippen LogP contribution in [0.4, 0.5) is 10.1 Å². The van der Waals surface area contributed by atoms with Crippen molar-refractivity contribution < 1.29 is 18.7 Å². The number of ether oxygens (including phenoxy) is 2. The van der Waals surface area contributed by atoms with Crippen molar-refractivity contribution in [2.45, 2.75) is 50.8 Å². The van der Waals surface area contributed by atoms with Gasteiger partial charge in [0.2, 0.25) is 0 Å². The van der Waals surface area contributed by atoms with Crippen LogP contribution in [0.2, 0.25) is 0 Å². The van der Waals surface area contributed by atoms with Gasteiger partial charge in [0, 0.05) is 11.7 Å². The predicted octanol–water partition coefficient (Wildman–Crippen LogP) is 7.30. The van der Waals surface area contributed by atoms with E-state index in [2.05, 4.69) is 17.1 Å². The third-order valence-electron chi connectivity index (χ3n) is 7.19. The number of benzene rings is 3. The molecule has 0 bridgehead atoms. The molecular weight excluding hydrogens is 499 g/mol. The van der Waals surface area contributed by atoms with Gasteiger partial charge in [-0.3, -0.25) is 4.79 Å². The first-order valence-corrected chi connectivity index (χ1v) is 14.0. The molecule has 1 saturated carbocycles. The molecule has 198 valence electrons. The smallest absolute Gasteiger partial charge is 0.262 e. The summed E-state index contributed by atoms with van der Waals surface area (Å²) < 4.78 is 25.0. The molecular formula is C31H33FN2O3S. The number of carbonyl (C=O) groups is 1. The summed E-state index contributed by atoms with van der Waals surface area (Å²) in [5.74, 6) is 1.35. The zero-order valence-corrected chi connectivity index (χ0v) is 22.5. The molecule has 5 nitrogen and oxygen atoms in total. The maximum absolute atomic E-state index is 13.8. The van der Waals surface area contributed by atoms with Gasteiger partial charge in [0.05, 0.1) is 12.0 Å². The number of rotatable bonds is 8. The Labute approximate surface area is 228 Å². The minimum atomic E-state index is -0.296. The number of thioether (sulfide) groups is 1. The maximum Gasteiger partial charge on any atom is 0.262 e. The van der Waals surface area contributed by atoms with Crippen molar-refractivity contribution in [2.75, 3.05) is 12.4 Å². The molecule has 3 atom stereocenters. The highest BCUT2D eigenvalue weighted by Gasteiger charge is 2.42. The SMILES string of the molecule is COc1cc(/C=C2\SC(Nc3ccccc3)N([C@H]3CCCC[C@H]3C)C2=O)ccc1OCc1cccc(F)c1. The van der Waals surface area contributed by atoms with Crippen LogP contribution in [0.15, 0.2) is 77.7 Å². The number of hydrogen-bond acceptors (Lipinski definition) is 5. The Morgan fingerprint density at radius 1 is 1.03 bits per heavy atom. The summed E-state index contributed by atoms with van der Waals surface area (Å²) in [6.45, 7) is 2.49. The van der Waals surface area contributed by atoms with Crippen molar-refractivity contribution in [3.05, 3.63) is 94.6 Å². The van der Waals surface area contributed by atoms with Crippen molar-refractivity contribution in [1.29, 1.82) is 0 Å². The largest absolute Gasteiger partial charge is 0.493 e. The number of nitrogens with zero attached hydrogens (tertiary/aromatic N) is 1. The lowest BCUT2D eigenvalue weighted by atomic mass is 9.85. The van der Waals surface area contributed by atoms with Gasteiger partial charge in [-0.15, -0.1) is 0 Å². The molecule has 2 aliphatic rings. The lowest BCUT2D eigenvalue weighted by molar-refractivity contribution is -0.129. The Bertz CT molecular complexity index is 1300. The van der Waals surface area contributed by atoms with Gasteiger partial charge < -0.3 is 19.7 Å². The third kappa shape index (κ3) is 5.99. The molecule has 3 aromatic rings. The van der Waals surface area contributed by atoms with Crippen LogP contribution >= 0.6 is 11.8 Å². The van der Waals surface area contributed by atoms with E-state index in [0.717, 1.165) is 36.1 Å². The van der Waals surface area contributed by atoms with E-state index < -0.39 is 0 Å². The molecule has 3 aromatic carbocycles. The predicted molar refractivity (Wildman–Crippen MR) is 151 cm³/mol. The number of para-hydroxylation sites is 1. The van der Waals surface area contributed by atoms with E-state index in [1.165, 1.54) is 18.6 Å². The minimum Gasteiger partial charge on any atom is -0.493 e. The normalized spacial score (nSPS) is 22.5. The quantitative estimate of drug-likeness (QED) is 0.309. The first-order chi connectivity index (χ1) is 18.5. The van der Waals surface area contributed by atoms with Crippen molar-refractivity contribution >= 4 is 29.4 Å². The summed E-state index contributed by atoms with van der Waals surface area (Å²) >= 11 is 1.56. The molecule has 0 aromatic heterocycles. The number of halogens is 1. The molecule has 1 N–H and O–H groups in total. The van der Waals surface area contributed by atoms with Crippen molar-refractivity contribution in [2.24, 2.45) is 5.92 Å². The molecule has 0 radical (unpaired) electrons. The van der Waals surface area contributed by atoms with Gasteiger partial charge in [-0.1, -0.05) is 67.9 Å². The molecule has 0 spiro atoms. The molecule has 5 rings (SSSR count). The maximum atomic E-state index is 13.8. The molecule has 7 heteroatoms. The van der Waals surface area contributed by atoms with Crippen LogP contribution in [0.3, 0.4) is 0 Å². The second-order valence-corrected chi connectivity index (χ2v) is 11.0. The second kappa shape index (κ2) is 11.9. The number of amides is 1. The molecule has 2 fully saturated rings. The third-order valence-corrected chi connectivity index (χ3v) is 8.31. The Balaban J connectivity index is 1.37. The molecule has 1 amide bonds. The monoisotopic (exact) mass is 532 g/mol. The lowest BCUT2D eigenvalue weighted by Gasteiger charge is -2.39. The minimum absolute atomic E-state index is 0.0626. The lowest BCUT2D eigenvalue weighted by Crippen LogP contribution is -2.48. The van der Waals surface area contributed by atoms with Crippen LogP contribution < -0.4 is 14.8 Å². The first kappa shape index (κ1) is 26.2. The van der Waals surface area contributed by atoms with E-state index in [0.29, 0.717) is 22.3 Å². The Hall–Kier alpha value is -3.45. The summed E-state index contributed by atoms with van der Waals surface area (Å²) in [6.07, 6.45) is 6.47. The summed E-state index contributed by atoms with van der Waals surface area (Å²) in [5.41, 5.74) is 2.42. The van der Waals surface area contributed by atoms with Crippen molar-refractivity contribution in [1.82, 2.24) is 4.90 Å². The number of methoxy groups -OCH3 is 1. The highest BCUT2D eigenvalue weighted by molar-refractivity contribution is 8.05. The Morgan fingerprint density at radius 2 is 1.84 bits per heavy atom. The zero-order chi connectivity index (χ0) is 26.5. The van der Waals surface area contributed by atoms with E-state index in [1.54, 1.807) is 24.9 Å². The second-order valence-electron chi connectivity index (χ2n) is 9.86. The summed E-state index contributed by atoms with van der Waals surface area (Å²) in [7, 11) is 1.59. The van der Waals surface area contributed by atoms with E-state index in [1.807, 2.05) is 60.7 Å². The highest BCUT2D eigenvalue weighted by Crippen LogP contribution is 2.42. The number of carbonyl (C=O) groups excluding carboxylic acids is 1. The van der Waals surface area contributed by atoms with Gasteiger partial charge in [-0.2, -0.15) is 0 Å². The molecule has 1 saturated heterocycles. The Kier molecular flexibility index (Phi) is 8.23. The van der Waals surface area contributed by atoms with Crippen molar-refractivity contribution in [3.8, 4) is 11.5 Å². The summed E-state index contributed by atoms with van der Waals surface area (Å²) in [5, 5.41) is 3.58. The number of nitrogens with one attached hydrogen (secondary N) is 1. The van der Waals surface area contributed by atoms with Crippen LogP contribution in [0.1, 0.15) is 43.7 Å². The van der Waals surface area contributed by atoms with E-state index in [9.17, 15) is 9.18 Å². The van der Waals surface area contributed by atoms with Crippen LogP contribution in [-0.2, 0) is 11.4 Å². The van der Waals surface area contributed by atoms with Crippen LogP contribution in [0, 0.1) is 11.7 Å². The fourth-order valence-electron chi connectivity index (χ4n) is 5.20. The van der Waals surface area contributed by atoms with Crippen LogP contribution in [0.5, 0.6) is 11.5 Å². The topological polar surface area (TPSA) is 50.8 Å². The van der Waals surface area contributed by atoms with Crippen LogP contribution in [0.25, 0.3) is 6.08 Å². The van der Waals surface area contributed by atoms with E-state index in [-0.39, 0.29) is 29.9 Å². The van der Waals surface area contributed by atoms with Crippen LogP contribution in [-0.4, -0.2) is 29.5 Å². The van der Waals surface area contributed by atoms with Gasteiger partial charge in [0.25, 0.3) is 5.91 Å². The molecule has 1 heterocycles. The molecule has 1 aliphatic heterocycles. The fourth-order valence-corrected chi connectivity index (χ4v) is 6.41. The fraction of sp³-hybridized carbons (Fsp3) is 0.323. The Morgan fingerprint density at radius 3 is 2.61 bits per heavy atom. The number of anilines is 1. The summed E-state index contributed by atoms with van der Waals surface area (Å²) in [6, 6.07) is 22.2. The highest BCUT2D eigenvalue weighted by atomic mass is 32.2. The molecule has 1 aliphatic carbocycles. The van der Waals surface area contributed by atoms with E-state index >= 15 is 0 Å². The number of hydrogen-bond donors (Lipinski definition) is 1. The van der Waals surface area contributed by atoms with Gasteiger partial charge >= 0.3 is 0 Å². The van der Waals surface area contributed by atoms with E-state index in [4.69, 9.17) is 9.47 Å². The zero-order valence-electron chi connectivity index (χ0n) is 21.7. The van der Waals surface area contributed by atoms with Gasteiger partial charge in [-0.25, -0.2) is 4.39 Å². The van der Waals surface area contributed by atoms with Crippen molar-refractivity contribution in [3.63, 3.8) is 0 Å². The van der Waals surface area contributed by atoms with Gasteiger partial charge in [0.15, 0.2) is 17.0 Å². The van der Waals surface area contributed by atoms with Gasteiger partial charge in [-0.05, 0) is 72.4 Å². The average molecular weight is 533 g/mol. The molecule has 38 heavy (non-hydrogen) atoms. The standard InChI is InChI=1S/C31H33FN2O3S/c1-21-9-6-7-14-26(21)34-30(35)29(38-31(34)33-25-12-4-3-5-13-25)19-22-15-16-27(28(18-22)36-2)37-20-23-10-8-11-24(32)17-23/h3-5,8,10-13,15-19,21,26,31,33H,6-7,9,14,20H2,1-2H3/b29-19-/t21-,26+,31?/m1/s1.